The summed E-state index contributed by atoms with van der Waals surface area (Å²) in [5.74, 6) is -1.08. The smallest absolute Gasteiger partial charge is 0.232 e. The summed E-state index contributed by atoms with van der Waals surface area (Å²) >= 11 is 0. The van der Waals surface area contributed by atoms with Gasteiger partial charge in [0.25, 0.3) is 0 Å². The highest BCUT2D eigenvalue weighted by atomic mass is 16.2. The van der Waals surface area contributed by atoms with Gasteiger partial charge in [-0.15, -0.1) is 0 Å². The summed E-state index contributed by atoms with van der Waals surface area (Å²) in [4.78, 5) is 38.3. The second-order valence-electron chi connectivity index (χ2n) is 8.23. The fourth-order valence-corrected chi connectivity index (χ4v) is 4.58. The normalized spacial score (nSPS) is 27.2. The van der Waals surface area contributed by atoms with Crippen LogP contribution in [0.25, 0.3) is 5.57 Å². The number of hydrogen-bond acceptors (Lipinski definition) is 3. The molecule has 0 radical (unpaired) electrons. The van der Waals surface area contributed by atoms with Gasteiger partial charge in [0, 0.05) is 18.7 Å². The first kappa shape index (κ1) is 18.7. The molecule has 0 spiro atoms. The first-order chi connectivity index (χ1) is 13.4. The van der Waals surface area contributed by atoms with Gasteiger partial charge in [0.1, 0.15) is 0 Å². The molecule has 0 bridgehead atoms. The number of rotatable bonds is 3. The molecule has 28 heavy (non-hydrogen) atoms. The maximum Gasteiger partial charge on any atom is 0.232 e. The standard InChI is InChI=1S/C23H26N2O3/c1-14-3-5-15(6-4-14)16-7-10-18(11-8-16)24-21(26)17-9-12-19-20(13-17)23(28)25(2)22(19)27/h3,5,7-8,10-11,17,19-20H,4,6,9,12-13H2,1-2H3,(H,24,26). The zero-order valence-electron chi connectivity index (χ0n) is 16.4. The van der Waals surface area contributed by atoms with Crippen molar-refractivity contribution >= 4 is 29.0 Å². The van der Waals surface area contributed by atoms with E-state index in [-0.39, 0.29) is 35.5 Å². The van der Waals surface area contributed by atoms with Crippen molar-refractivity contribution in [2.24, 2.45) is 17.8 Å². The van der Waals surface area contributed by atoms with Gasteiger partial charge in [-0.25, -0.2) is 0 Å². The van der Waals surface area contributed by atoms with Crippen LogP contribution in [0.5, 0.6) is 0 Å². The Labute approximate surface area is 165 Å². The second-order valence-corrected chi connectivity index (χ2v) is 8.23. The van der Waals surface area contributed by atoms with Gasteiger partial charge in [-0.05, 0) is 62.3 Å². The quantitative estimate of drug-likeness (QED) is 0.814. The van der Waals surface area contributed by atoms with Crippen molar-refractivity contribution in [2.75, 3.05) is 12.4 Å². The van der Waals surface area contributed by atoms with Gasteiger partial charge >= 0.3 is 0 Å². The zero-order chi connectivity index (χ0) is 19.8. The fourth-order valence-electron chi connectivity index (χ4n) is 4.58. The van der Waals surface area contributed by atoms with Crippen LogP contribution in [-0.2, 0) is 14.4 Å². The molecule has 1 aromatic rings. The molecular weight excluding hydrogens is 352 g/mol. The van der Waals surface area contributed by atoms with E-state index in [1.165, 1.54) is 21.6 Å². The molecule has 1 aliphatic heterocycles. The van der Waals surface area contributed by atoms with Gasteiger partial charge in [-0.3, -0.25) is 19.3 Å². The van der Waals surface area contributed by atoms with E-state index in [0.29, 0.717) is 19.3 Å². The molecule has 5 nitrogen and oxygen atoms in total. The van der Waals surface area contributed by atoms with Crippen molar-refractivity contribution in [1.82, 2.24) is 4.90 Å². The summed E-state index contributed by atoms with van der Waals surface area (Å²) in [6.45, 7) is 2.15. The van der Waals surface area contributed by atoms with Crippen LogP contribution < -0.4 is 5.32 Å². The van der Waals surface area contributed by atoms with E-state index < -0.39 is 0 Å². The van der Waals surface area contributed by atoms with Gasteiger partial charge in [0.05, 0.1) is 11.8 Å². The lowest BCUT2D eigenvalue weighted by Crippen LogP contribution is -2.33. The van der Waals surface area contributed by atoms with Crippen molar-refractivity contribution < 1.29 is 14.4 Å². The third-order valence-corrected chi connectivity index (χ3v) is 6.40. The van der Waals surface area contributed by atoms with E-state index in [0.717, 1.165) is 18.5 Å². The lowest BCUT2D eigenvalue weighted by Gasteiger charge is -2.27. The maximum absolute atomic E-state index is 12.7. The summed E-state index contributed by atoms with van der Waals surface area (Å²) in [6.07, 6.45) is 8.18. The summed E-state index contributed by atoms with van der Waals surface area (Å²) in [6, 6.07) is 7.95. The number of carbonyl (C=O) groups is 3. The lowest BCUT2D eigenvalue weighted by molar-refractivity contribution is -0.138. The van der Waals surface area contributed by atoms with Crippen LogP contribution >= 0.6 is 0 Å². The van der Waals surface area contributed by atoms with Gasteiger partial charge in [0.15, 0.2) is 0 Å². The molecule has 3 aliphatic rings. The van der Waals surface area contributed by atoms with Crippen LogP contribution in [0.1, 0.15) is 44.6 Å². The molecule has 3 unspecified atom stereocenters. The highest BCUT2D eigenvalue weighted by Crippen LogP contribution is 2.40. The van der Waals surface area contributed by atoms with Gasteiger partial charge < -0.3 is 5.32 Å². The highest BCUT2D eigenvalue weighted by molar-refractivity contribution is 6.05. The van der Waals surface area contributed by atoms with E-state index >= 15 is 0 Å². The molecule has 0 aromatic heterocycles. The average molecular weight is 378 g/mol. The Bertz CT molecular complexity index is 882. The van der Waals surface area contributed by atoms with Crippen molar-refractivity contribution in [3.05, 3.63) is 47.6 Å². The number of imide groups is 1. The van der Waals surface area contributed by atoms with E-state index in [2.05, 4.69) is 24.4 Å². The number of nitrogens with one attached hydrogen (secondary N) is 1. The molecular formula is C23H26N2O3. The Balaban J connectivity index is 1.39. The Morgan fingerprint density at radius 1 is 1.00 bits per heavy atom. The average Bonchev–Trinajstić information content (AvgIpc) is 2.93. The van der Waals surface area contributed by atoms with E-state index in [1.54, 1.807) is 7.05 Å². The molecule has 146 valence electrons. The molecule has 4 rings (SSSR count). The number of likely N-dealkylation sites (tertiary alicyclic amines) is 1. The number of fused-ring (bicyclic) bond motifs is 1. The largest absolute Gasteiger partial charge is 0.326 e. The molecule has 1 saturated carbocycles. The minimum Gasteiger partial charge on any atom is -0.326 e. The minimum atomic E-state index is -0.334. The SMILES string of the molecule is CC1=CC=C(c2ccc(NC(=O)C3CCC4C(=O)N(C)C(=O)C4C3)cc2)CC1. The summed E-state index contributed by atoms with van der Waals surface area (Å²) in [5.41, 5.74) is 4.66. The molecule has 3 atom stereocenters. The van der Waals surface area contributed by atoms with Crippen molar-refractivity contribution in [3.63, 3.8) is 0 Å². The molecule has 2 fully saturated rings. The molecule has 5 heteroatoms. The van der Waals surface area contributed by atoms with Crippen molar-refractivity contribution in [3.8, 4) is 0 Å². The Kier molecular flexibility index (Phi) is 4.92. The Morgan fingerprint density at radius 2 is 1.71 bits per heavy atom. The van der Waals surface area contributed by atoms with Crippen molar-refractivity contribution in [2.45, 2.75) is 39.0 Å². The highest BCUT2D eigenvalue weighted by Gasteiger charge is 2.49. The van der Waals surface area contributed by atoms with E-state index in [9.17, 15) is 14.4 Å². The van der Waals surface area contributed by atoms with E-state index in [1.807, 2.05) is 24.3 Å². The molecule has 3 amide bonds. The lowest BCUT2D eigenvalue weighted by atomic mass is 9.75. The second kappa shape index (κ2) is 7.38. The number of anilines is 1. The maximum atomic E-state index is 12.7. The van der Waals surface area contributed by atoms with Crippen LogP contribution in [0, 0.1) is 17.8 Å². The van der Waals surface area contributed by atoms with Gasteiger partial charge in [-0.1, -0.05) is 29.9 Å². The fraction of sp³-hybridized carbons (Fsp3) is 0.435. The van der Waals surface area contributed by atoms with Crippen molar-refractivity contribution in [1.29, 1.82) is 0 Å². The third kappa shape index (κ3) is 3.41. The zero-order valence-corrected chi connectivity index (χ0v) is 16.4. The van der Waals surface area contributed by atoms with Crippen LogP contribution in [-0.4, -0.2) is 29.7 Å². The van der Waals surface area contributed by atoms with E-state index in [4.69, 9.17) is 0 Å². The molecule has 1 aromatic carbocycles. The number of carbonyl (C=O) groups excluding carboxylic acids is 3. The Hall–Kier alpha value is -2.69. The number of allylic oxidation sites excluding steroid dienone is 4. The first-order valence-corrected chi connectivity index (χ1v) is 10.0. The number of amides is 3. The molecule has 1 N–H and O–H groups in total. The topological polar surface area (TPSA) is 66.5 Å². The molecule has 1 saturated heterocycles. The predicted octanol–water partition coefficient (Wildman–Crippen LogP) is 3.78. The van der Waals surface area contributed by atoms with Crippen LogP contribution in [0.3, 0.4) is 0 Å². The summed E-state index contributed by atoms with van der Waals surface area (Å²) < 4.78 is 0. The minimum absolute atomic E-state index is 0.0588. The van der Waals surface area contributed by atoms with Gasteiger partial charge in [-0.2, -0.15) is 0 Å². The molecule has 2 aliphatic carbocycles. The Morgan fingerprint density at radius 3 is 2.39 bits per heavy atom. The number of benzene rings is 1. The number of hydrogen-bond donors (Lipinski definition) is 1. The monoisotopic (exact) mass is 378 g/mol. The summed E-state index contributed by atoms with van der Waals surface area (Å²) in [5, 5.41) is 2.99. The molecule has 1 heterocycles. The van der Waals surface area contributed by atoms with Crippen LogP contribution in [0.15, 0.2) is 42.0 Å². The third-order valence-electron chi connectivity index (χ3n) is 6.40. The first-order valence-electron chi connectivity index (χ1n) is 10.0. The summed E-state index contributed by atoms with van der Waals surface area (Å²) in [7, 11) is 1.54. The number of nitrogens with zero attached hydrogens (tertiary/aromatic N) is 1. The van der Waals surface area contributed by atoms with Gasteiger partial charge in [0.2, 0.25) is 17.7 Å². The van der Waals surface area contributed by atoms with Crippen LogP contribution in [0.4, 0.5) is 5.69 Å². The predicted molar refractivity (Wildman–Crippen MR) is 108 cm³/mol. The van der Waals surface area contributed by atoms with Crippen LogP contribution in [0.2, 0.25) is 0 Å².